The van der Waals surface area contributed by atoms with Gasteiger partial charge in [0, 0.05) is 24.2 Å². The Kier molecular flexibility index (Phi) is 9.20. The van der Waals surface area contributed by atoms with Gasteiger partial charge in [0.15, 0.2) is 0 Å². The molecule has 3 aromatic carbocycles. The zero-order valence-corrected chi connectivity index (χ0v) is 28.2. The number of carbonyl (C=O) groups excluding carboxylic acids is 2. The van der Waals surface area contributed by atoms with Crippen LogP contribution in [-0.2, 0) is 31.7 Å². The highest BCUT2D eigenvalue weighted by Crippen LogP contribution is 2.37. The van der Waals surface area contributed by atoms with E-state index in [1.54, 1.807) is 54.6 Å². The number of nitrogens with one attached hydrogen (secondary N) is 2. The van der Waals surface area contributed by atoms with Crippen LogP contribution < -0.4 is 21.6 Å². The Morgan fingerprint density at radius 3 is 1.17 bits per heavy atom. The average Bonchev–Trinajstić information content (AvgIpc) is 3.37. The van der Waals surface area contributed by atoms with Gasteiger partial charge in [-0.05, 0) is 114 Å². The third kappa shape index (κ3) is 7.31. The van der Waals surface area contributed by atoms with Crippen LogP contribution in [0.1, 0.15) is 97.6 Å². The van der Waals surface area contributed by atoms with Crippen molar-refractivity contribution < 1.29 is 38.1 Å². The fraction of sp³-hybridized carbons (Fsp3) is 0.400. The Labute approximate surface area is 276 Å². The van der Waals surface area contributed by atoms with Crippen LogP contribution in [0.4, 0.5) is 0 Å². The van der Waals surface area contributed by atoms with E-state index in [4.69, 9.17) is 18.6 Å². The molecule has 5 rings (SSSR count). The highest BCUT2D eigenvalue weighted by molar-refractivity contribution is 6.62. The van der Waals surface area contributed by atoms with Crippen LogP contribution in [0, 0.1) is 0 Å². The largest absolute Gasteiger partial charge is 0.494 e. The van der Waals surface area contributed by atoms with Gasteiger partial charge in [-0.15, -0.1) is 0 Å². The van der Waals surface area contributed by atoms with Crippen LogP contribution in [0.15, 0.2) is 66.7 Å². The maximum Gasteiger partial charge on any atom is 0.494 e. The Morgan fingerprint density at radius 2 is 0.872 bits per heavy atom. The van der Waals surface area contributed by atoms with Crippen LogP contribution in [0.2, 0.25) is 0 Å². The number of benzene rings is 3. The summed E-state index contributed by atoms with van der Waals surface area (Å²) in [5, 5.41) is 15.4. The number of hydrogen-bond acceptors (Lipinski definition) is 7. The summed E-state index contributed by atoms with van der Waals surface area (Å²) in [6.07, 6.45) is 0. The zero-order chi connectivity index (χ0) is 34.4. The van der Waals surface area contributed by atoms with Gasteiger partial charge in [-0.2, -0.15) is 0 Å². The standard InChI is InChI=1S/C35H42B2N2O8/c1-32(2)33(3,4)45-36(44-32)27-13-9-24(10-14-27)29(40)38-20-22-17-23(19-26(18-22)31(42)43)21-39-30(41)25-11-15-28(16-12-25)37-46-34(5,6)35(7,8)47-37/h9-19H,20-21H2,1-8H3,(H,38,40)(H,39,41)(H,42,43). The predicted octanol–water partition coefficient (Wildman–Crippen LogP) is 3.84. The molecule has 2 aliphatic rings. The summed E-state index contributed by atoms with van der Waals surface area (Å²) in [6, 6.07) is 18.8. The first-order chi connectivity index (χ1) is 21.9. The number of aromatic carboxylic acids is 1. The van der Waals surface area contributed by atoms with Gasteiger partial charge in [-0.3, -0.25) is 9.59 Å². The van der Waals surface area contributed by atoms with Crippen LogP contribution in [-0.4, -0.2) is 59.5 Å². The number of rotatable bonds is 9. The van der Waals surface area contributed by atoms with Crippen molar-refractivity contribution in [1.82, 2.24) is 10.6 Å². The summed E-state index contributed by atoms with van der Waals surface area (Å²) in [4.78, 5) is 37.7. The van der Waals surface area contributed by atoms with Crippen LogP contribution in [0.3, 0.4) is 0 Å². The van der Waals surface area contributed by atoms with Crippen molar-refractivity contribution in [3.63, 3.8) is 0 Å². The summed E-state index contributed by atoms with van der Waals surface area (Å²) >= 11 is 0. The molecule has 0 spiro atoms. The Morgan fingerprint density at radius 1 is 0.553 bits per heavy atom. The molecule has 0 saturated carbocycles. The van der Waals surface area contributed by atoms with E-state index in [9.17, 15) is 19.5 Å². The Hall–Kier alpha value is -3.96. The van der Waals surface area contributed by atoms with Gasteiger partial charge in [-0.1, -0.05) is 30.3 Å². The molecule has 0 aromatic heterocycles. The lowest BCUT2D eigenvalue weighted by Gasteiger charge is -2.32. The molecule has 3 N–H and O–H groups in total. The van der Waals surface area contributed by atoms with Gasteiger partial charge in [0.1, 0.15) is 0 Å². The van der Waals surface area contributed by atoms with Crippen molar-refractivity contribution in [2.75, 3.05) is 0 Å². The van der Waals surface area contributed by atoms with E-state index in [2.05, 4.69) is 10.6 Å². The number of hydrogen-bond donors (Lipinski definition) is 3. The predicted molar refractivity (Wildman–Crippen MR) is 180 cm³/mol. The Balaban J connectivity index is 1.18. The number of carbonyl (C=O) groups is 3. The molecule has 2 amide bonds. The maximum absolute atomic E-state index is 12.9. The molecule has 47 heavy (non-hydrogen) atoms. The van der Waals surface area contributed by atoms with E-state index in [1.807, 2.05) is 55.4 Å². The highest BCUT2D eigenvalue weighted by Gasteiger charge is 2.52. The maximum atomic E-state index is 12.9. The number of carboxylic acid groups (broad SMARTS) is 1. The van der Waals surface area contributed by atoms with Gasteiger partial charge < -0.3 is 34.4 Å². The van der Waals surface area contributed by atoms with Crippen molar-refractivity contribution in [2.24, 2.45) is 0 Å². The fourth-order valence-electron chi connectivity index (χ4n) is 5.20. The van der Waals surface area contributed by atoms with E-state index in [0.717, 1.165) is 10.9 Å². The molecule has 0 bridgehead atoms. The molecule has 2 aliphatic heterocycles. The minimum atomic E-state index is -1.11. The molecule has 0 atom stereocenters. The summed E-state index contributed by atoms with van der Waals surface area (Å²) in [5.74, 6) is -1.74. The molecule has 10 nitrogen and oxygen atoms in total. The molecule has 3 aromatic rings. The van der Waals surface area contributed by atoms with Crippen molar-refractivity contribution >= 4 is 42.9 Å². The fourth-order valence-corrected chi connectivity index (χ4v) is 5.20. The molecule has 0 unspecified atom stereocenters. The molecule has 2 fully saturated rings. The molecular weight excluding hydrogens is 598 g/mol. The molecule has 0 aliphatic carbocycles. The summed E-state index contributed by atoms with van der Waals surface area (Å²) < 4.78 is 24.3. The van der Waals surface area contributed by atoms with E-state index in [1.165, 1.54) is 12.1 Å². The normalized spacial score (nSPS) is 19.0. The zero-order valence-electron chi connectivity index (χ0n) is 28.2. The molecule has 246 valence electrons. The number of amides is 2. The van der Waals surface area contributed by atoms with Crippen LogP contribution in [0.25, 0.3) is 0 Å². The lowest BCUT2D eigenvalue weighted by molar-refractivity contribution is 0.00578. The monoisotopic (exact) mass is 640 g/mol. The second-order valence-electron chi connectivity index (χ2n) is 14.1. The first-order valence-electron chi connectivity index (χ1n) is 15.7. The minimum absolute atomic E-state index is 0.0551. The minimum Gasteiger partial charge on any atom is -0.478 e. The van der Waals surface area contributed by atoms with E-state index < -0.39 is 42.6 Å². The summed E-state index contributed by atoms with van der Waals surface area (Å²) in [6.45, 7) is 16.1. The smallest absolute Gasteiger partial charge is 0.478 e. The molecule has 12 heteroatoms. The van der Waals surface area contributed by atoms with Crippen molar-refractivity contribution in [1.29, 1.82) is 0 Å². The highest BCUT2D eigenvalue weighted by atomic mass is 16.7. The SMILES string of the molecule is CC1(C)OB(c2ccc(C(=O)NCc3cc(CNC(=O)c4ccc(B5OC(C)(C)C(C)(C)O5)cc4)cc(C(=O)O)c3)cc2)OC1(C)C. The number of carboxylic acids is 1. The van der Waals surface area contributed by atoms with E-state index in [0.29, 0.717) is 22.3 Å². The lowest BCUT2D eigenvalue weighted by Crippen LogP contribution is -2.41. The van der Waals surface area contributed by atoms with Gasteiger partial charge in [-0.25, -0.2) is 4.79 Å². The molecule has 2 heterocycles. The van der Waals surface area contributed by atoms with Gasteiger partial charge >= 0.3 is 20.2 Å². The van der Waals surface area contributed by atoms with Crippen LogP contribution >= 0.6 is 0 Å². The molecule has 2 saturated heterocycles. The first-order valence-corrected chi connectivity index (χ1v) is 15.7. The second-order valence-corrected chi connectivity index (χ2v) is 14.1. The van der Waals surface area contributed by atoms with Gasteiger partial charge in [0.2, 0.25) is 0 Å². The van der Waals surface area contributed by atoms with E-state index >= 15 is 0 Å². The van der Waals surface area contributed by atoms with Gasteiger partial charge in [0.25, 0.3) is 11.8 Å². The van der Waals surface area contributed by atoms with E-state index in [-0.39, 0.29) is 30.5 Å². The Bertz CT molecular complexity index is 1520. The van der Waals surface area contributed by atoms with Crippen LogP contribution in [0.5, 0.6) is 0 Å². The summed E-state index contributed by atoms with van der Waals surface area (Å²) in [5.41, 5.74) is 1.84. The third-order valence-corrected chi connectivity index (χ3v) is 9.60. The quantitative estimate of drug-likeness (QED) is 0.301. The molecule has 0 radical (unpaired) electrons. The lowest BCUT2D eigenvalue weighted by atomic mass is 9.79. The van der Waals surface area contributed by atoms with Crippen molar-refractivity contribution in [3.8, 4) is 0 Å². The van der Waals surface area contributed by atoms with Crippen molar-refractivity contribution in [3.05, 3.63) is 94.5 Å². The molecular formula is C35H42B2N2O8. The third-order valence-electron chi connectivity index (χ3n) is 9.60. The van der Waals surface area contributed by atoms with Crippen molar-refractivity contribution in [2.45, 2.75) is 90.9 Å². The summed E-state index contributed by atoms with van der Waals surface area (Å²) in [7, 11) is -1.06. The first kappa shape index (κ1) is 34.4. The topological polar surface area (TPSA) is 132 Å². The average molecular weight is 640 g/mol. The van der Waals surface area contributed by atoms with Gasteiger partial charge in [0.05, 0.1) is 28.0 Å². The second kappa shape index (κ2) is 12.6.